The molecule has 1 heterocycles. The summed E-state index contributed by atoms with van der Waals surface area (Å²) in [6, 6.07) is -0.717. The van der Waals surface area contributed by atoms with Crippen molar-refractivity contribution >= 4 is 34.7 Å². The number of amides is 1. The van der Waals surface area contributed by atoms with Crippen molar-refractivity contribution in [1.82, 2.24) is 4.90 Å². The summed E-state index contributed by atoms with van der Waals surface area (Å²) in [5, 5.41) is 16.2. The molecule has 27 heavy (non-hydrogen) atoms. The summed E-state index contributed by atoms with van der Waals surface area (Å²) in [5.74, 6) is -3.79. The number of hydrogen-bond donors (Lipinski definition) is 3. The number of carbonyl (C=O) groups is 4. The second-order valence-electron chi connectivity index (χ2n) is 5.76. The lowest BCUT2D eigenvalue weighted by Crippen LogP contribution is -2.44. The molecule has 1 aliphatic heterocycles. The minimum absolute atomic E-state index is 0.0354. The molecule has 12 heteroatoms. The highest BCUT2D eigenvalue weighted by molar-refractivity contribution is 8.13. The summed E-state index contributed by atoms with van der Waals surface area (Å²) < 4.78 is 31.7. The zero-order chi connectivity index (χ0) is 21.2. The second-order valence-corrected chi connectivity index (χ2v) is 6.96. The van der Waals surface area contributed by atoms with E-state index in [-0.39, 0.29) is 16.9 Å². The molecule has 0 aromatic heterocycles. The third-order valence-corrected chi connectivity index (χ3v) is 4.63. The van der Waals surface area contributed by atoms with Gasteiger partial charge in [0.15, 0.2) is 5.12 Å². The Bertz CT molecular complexity index is 544. The molecule has 1 unspecified atom stereocenters. The van der Waals surface area contributed by atoms with Crippen LogP contribution in [-0.4, -0.2) is 69.1 Å². The molecule has 1 aliphatic rings. The van der Waals surface area contributed by atoms with Crippen LogP contribution in [0.2, 0.25) is 0 Å². The highest BCUT2D eigenvalue weighted by Crippen LogP contribution is 2.24. The van der Waals surface area contributed by atoms with Crippen LogP contribution >= 0.6 is 11.8 Å². The van der Waals surface area contributed by atoms with Crippen LogP contribution in [0.3, 0.4) is 0 Å². The van der Waals surface area contributed by atoms with E-state index >= 15 is 0 Å². The fourth-order valence-corrected chi connectivity index (χ4v) is 3.13. The molecule has 4 N–H and O–H groups in total. The second kappa shape index (κ2) is 11.8. The fraction of sp³-hybridized carbons (Fsp3) is 0.733. The lowest BCUT2D eigenvalue weighted by Gasteiger charge is -2.26. The van der Waals surface area contributed by atoms with E-state index in [2.05, 4.69) is 0 Å². The van der Waals surface area contributed by atoms with E-state index in [0.29, 0.717) is 44.5 Å². The third-order valence-electron chi connectivity index (χ3n) is 3.66. The quantitative estimate of drug-likeness (QED) is 0.565. The first-order chi connectivity index (χ1) is 12.4. The summed E-state index contributed by atoms with van der Waals surface area (Å²) in [7, 11) is 0. The molecule has 1 saturated heterocycles. The average Bonchev–Trinajstić information content (AvgIpc) is 3.03. The number of nitrogens with zero attached hydrogens (tertiary/aromatic N) is 1. The van der Waals surface area contributed by atoms with Gasteiger partial charge < -0.3 is 20.8 Å². The number of likely N-dealkylation sites (tertiary alicyclic amines) is 1. The molecule has 0 saturated carbocycles. The van der Waals surface area contributed by atoms with Gasteiger partial charge in [-0.1, -0.05) is 11.8 Å². The highest BCUT2D eigenvalue weighted by Gasteiger charge is 2.38. The van der Waals surface area contributed by atoms with Crippen molar-refractivity contribution < 1.29 is 42.6 Å². The van der Waals surface area contributed by atoms with E-state index in [4.69, 9.17) is 20.7 Å². The summed E-state index contributed by atoms with van der Waals surface area (Å²) in [5.41, 5.74) is 5.47. The predicted octanol–water partition coefficient (Wildman–Crippen LogP) is 1.33. The fourth-order valence-electron chi connectivity index (χ4n) is 2.38. The molecule has 1 fully saturated rings. The molecule has 0 spiro atoms. The number of carboxylic acid groups (broad SMARTS) is 2. The van der Waals surface area contributed by atoms with Crippen LogP contribution in [0.5, 0.6) is 0 Å². The first-order valence-corrected chi connectivity index (χ1v) is 9.07. The number of halogens is 3. The predicted molar refractivity (Wildman–Crippen MR) is 91.0 cm³/mol. The molecule has 8 nitrogen and oxygen atoms in total. The lowest BCUT2D eigenvalue weighted by molar-refractivity contribution is -0.192. The van der Waals surface area contributed by atoms with E-state index in [0.717, 1.165) is 11.8 Å². The Hall–Kier alpha value is -1.82. The molecule has 0 bridgehead atoms. The van der Waals surface area contributed by atoms with Crippen LogP contribution in [0.25, 0.3) is 0 Å². The molecular formula is C15H23F3N2O6S. The summed E-state index contributed by atoms with van der Waals surface area (Å²) in [4.78, 5) is 45.0. The maximum atomic E-state index is 12.5. The van der Waals surface area contributed by atoms with Crippen molar-refractivity contribution in [1.29, 1.82) is 0 Å². The molecule has 1 rings (SSSR count). The largest absolute Gasteiger partial charge is 0.490 e. The van der Waals surface area contributed by atoms with E-state index in [1.807, 2.05) is 0 Å². The SMILES string of the molecule is CC(=O)SCC(CCCN)C(=O)N1CCC[C@H]1C(=O)O.O=C(O)C(F)(F)F. The average molecular weight is 416 g/mol. The molecule has 2 atom stereocenters. The number of nitrogens with two attached hydrogens (primary N) is 1. The van der Waals surface area contributed by atoms with Gasteiger partial charge in [0.1, 0.15) is 6.04 Å². The first kappa shape index (κ1) is 25.2. The lowest BCUT2D eigenvalue weighted by atomic mass is 10.0. The maximum absolute atomic E-state index is 12.5. The molecular weight excluding hydrogens is 393 g/mol. The number of alkyl halides is 3. The Labute approximate surface area is 158 Å². The Morgan fingerprint density at radius 2 is 1.81 bits per heavy atom. The van der Waals surface area contributed by atoms with E-state index in [9.17, 15) is 27.6 Å². The Kier molecular flexibility index (Phi) is 11.0. The minimum Gasteiger partial charge on any atom is -0.480 e. The molecule has 0 aliphatic carbocycles. The zero-order valence-corrected chi connectivity index (χ0v) is 15.5. The number of thioether (sulfide) groups is 1. The van der Waals surface area contributed by atoms with Gasteiger partial charge in [-0.2, -0.15) is 13.2 Å². The van der Waals surface area contributed by atoms with Gasteiger partial charge in [0.2, 0.25) is 5.91 Å². The monoisotopic (exact) mass is 416 g/mol. The van der Waals surface area contributed by atoms with Gasteiger partial charge >= 0.3 is 18.1 Å². The number of hydrogen-bond acceptors (Lipinski definition) is 6. The molecule has 1 amide bonds. The van der Waals surface area contributed by atoms with Gasteiger partial charge in [-0.3, -0.25) is 9.59 Å². The Balaban J connectivity index is 0.000000821. The van der Waals surface area contributed by atoms with Crippen molar-refractivity contribution in [2.24, 2.45) is 11.7 Å². The highest BCUT2D eigenvalue weighted by atomic mass is 32.2. The Morgan fingerprint density at radius 3 is 2.22 bits per heavy atom. The minimum atomic E-state index is -5.08. The van der Waals surface area contributed by atoms with Gasteiger partial charge in [-0.25, -0.2) is 9.59 Å². The van der Waals surface area contributed by atoms with Crippen molar-refractivity contribution in [3.05, 3.63) is 0 Å². The number of rotatable bonds is 7. The molecule has 0 aromatic carbocycles. The van der Waals surface area contributed by atoms with Crippen LogP contribution in [0.15, 0.2) is 0 Å². The summed E-state index contributed by atoms with van der Waals surface area (Å²) >= 11 is 1.11. The first-order valence-electron chi connectivity index (χ1n) is 8.08. The zero-order valence-electron chi connectivity index (χ0n) is 14.7. The van der Waals surface area contributed by atoms with Gasteiger partial charge in [0.05, 0.1) is 0 Å². The smallest absolute Gasteiger partial charge is 0.480 e. The van der Waals surface area contributed by atoms with E-state index in [1.165, 1.54) is 11.8 Å². The standard InChI is InChI=1S/C13H22N2O4S.C2HF3O2/c1-9(16)20-8-10(4-2-6-14)12(17)15-7-3-5-11(15)13(18)19;3-2(4,5)1(6)7/h10-11H,2-8,14H2,1H3,(H,18,19);(H,6,7)/t10?,11-;/m0./s1. The van der Waals surface area contributed by atoms with Crippen LogP contribution in [0, 0.1) is 5.92 Å². The van der Waals surface area contributed by atoms with Crippen molar-refractivity contribution in [2.45, 2.75) is 44.8 Å². The molecule has 0 aromatic rings. The van der Waals surface area contributed by atoms with Gasteiger partial charge in [0.25, 0.3) is 0 Å². The van der Waals surface area contributed by atoms with Gasteiger partial charge in [0, 0.05) is 25.1 Å². The topological polar surface area (TPSA) is 138 Å². The van der Waals surface area contributed by atoms with Gasteiger partial charge in [-0.15, -0.1) is 0 Å². The van der Waals surface area contributed by atoms with Crippen molar-refractivity contribution in [3.63, 3.8) is 0 Å². The van der Waals surface area contributed by atoms with Gasteiger partial charge in [-0.05, 0) is 32.2 Å². The van der Waals surface area contributed by atoms with E-state index < -0.39 is 24.2 Å². The van der Waals surface area contributed by atoms with E-state index in [1.54, 1.807) is 0 Å². The molecule has 156 valence electrons. The normalized spacial score (nSPS) is 17.7. The van der Waals surface area contributed by atoms with Crippen LogP contribution in [0.4, 0.5) is 13.2 Å². The third kappa shape index (κ3) is 9.61. The van der Waals surface area contributed by atoms with Crippen molar-refractivity contribution in [2.75, 3.05) is 18.8 Å². The number of aliphatic carboxylic acids is 2. The Morgan fingerprint density at radius 1 is 1.26 bits per heavy atom. The van der Waals surface area contributed by atoms with Crippen LogP contribution < -0.4 is 5.73 Å². The van der Waals surface area contributed by atoms with Crippen molar-refractivity contribution in [3.8, 4) is 0 Å². The number of carbonyl (C=O) groups excluding carboxylic acids is 2. The van der Waals surface area contributed by atoms with Crippen LogP contribution in [0.1, 0.15) is 32.6 Å². The summed E-state index contributed by atoms with van der Waals surface area (Å²) in [6.07, 6.45) is -2.57. The van der Waals surface area contributed by atoms with Crippen LogP contribution in [-0.2, 0) is 19.2 Å². The summed E-state index contributed by atoms with van der Waals surface area (Å²) in [6.45, 7) is 2.43. The maximum Gasteiger partial charge on any atom is 0.490 e. The molecule has 0 radical (unpaired) electrons. The number of carboxylic acids is 2.